The molecule has 3 aromatic carbocycles. The Labute approximate surface area is 221 Å². The standard InChI is InChI=1S/C30H30ClN3O3/c1-2-32-19-24(22-7-3-5-9-26(22)32)23(21-11-12-28-29(17-21)37-20-36-28)18-30(35)34-15-13-33(14-16-34)27-10-6-4-8-25(27)31/h3-12,17,19,23H,2,13-16,18,20H2,1H3. The summed E-state index contributed by atoms with van der Waals surface area (Å²) < 4.78 is 13.5. The Morgan fingerprint density at radius 1 is 0.946 bits per heavy atom. The lowest BCUT2D eigenvalue weighted by molar-refractivity contribution is -0.131. The maximum Gasteiger partial charge on any atom is 0.231 e. The van der Waals surface area contributed by atoms with Gasteiger partial charge in [-0.05, 0) is 48.4 Å². The van der Waals surface area contributed by atoms with Gasteiger partial charge in [0, 0.05) is 62.2 Å². The molecule has 1 saturated heterocycles. The molecule has 6 rings (SSSR count). The smallest absolute Gasteiger partial charge is 0.231 e. The van der Waals surface area contributed by atoms with Gasteiger partial charge < -0.3 is 23.8 Å². The second-order valence-electron chi connectivity index (χ2n) is 9.58. The number of para-hydroxylation sites is 2. The number of nitrogens with zero attached hydrogens (tertiary/aromatic N) is 3. The van der Waals surface area contributed by atoms with E-state index in [-0.39, 0.29) is 18.6 Å². The van der Waals surface area contributed by atoms with E-state index in [2.05, 4.69) is 52.9 Å². The molecule has 1 fully saturated rings. The summed E-state index contributed by atoms with van der Waals surface area (Å²) >= 11 is 6.42. The highest BCUT2D eigenvalue weighted by Crippen LogP contribution is 2.40. The SMILES string of the molecule is CCn1cc(C(CC(=O)N2CCN(c3ccccc3Cl)CC2)c2ccc3c(c2)OCO3)c2ccccc21. The van der Waals surface area contributed by atoms with Gasteiger partial charge in [0.05, 0.1) is 10.7 Å². The Hall–Kier alpha value is -3.64. The summed E-state index contributed by atoms with van der Waals surface area (Å²) in [5, 5.41) is 1.93. The number of rotatable bonds is 6. The molecule has 1 aromatic heterocycles. The molecular weight excluding hydrogens is 486 g/mol. The van der Waals surface area contributed by atoms with Crippen LogP contribution < -0.4 is 14.4 Å². The van der Waals surface area contributed by atoms with Crippen LogP contribution in [0.4, 0.5) is 5.69 Å². The highest BCUT2D eigenvalue weighted by molar-refractivity contribution is 6.33. The molecule has 0 radical (unpaired) electrons. The molecule has 0 bridgehead atoms. The number of anilines is 1. The lowest BCUT2D eigenvalue weighted by Crippen LogP contribution is -2.49. The van der Waals surface area contributed by atoms with E-state index in [1.165, 1.54) is 16.5 Å². The fourth-order valence-electron chi connectivity index (χ4n) is 5.56. The lowest BCUT2D eigenvalue weighted by atomic mass is 9.87. The van der Waals surface area contributed by atoms with Crippen LogP contribution in [0.3, 0.4) is 0 Å². The van der Waals surface area contributed by atoms with Crippen molar-refractivity contribution in [2.45, 2.75) is 25.8 Å². The minimum absolute atomic E-state index is 0.0960. The number of piperazine rings is 1. The summed E-state index contributed by atoms with van der Waals surface area (Å²) in [6.07, 6.45) is 2.60. The maximum atomic E-state index is 13.7. The third-order valence-corrected chi connectivity index (χ3v) is 7.86. The molecule has 3 heterocycles. The number of hydrogen-bond acceptors (Lipinski definition) is 4. The molecule has 7 heteroatoms. The van der Waals surface area contributed by atoms with Crippen LogP contribution in [0, 0.1) is 0 Å². The van der Waals surface area contributed by atoms with E-state index >= 15 is 0 Å². The van der Waals surface area contributed by atoms with Crippen LogP contribution in [-0.4, -0.2) is 48.3 Å². The van der Waals surface area contributed by atoms with Crippen molar-refractivity contribution in [1.29, 1.82) is 0 Å². The maximum absolute atomic E-state index is 13.7. The Morgan fingerprint density at radius 2 is 1.70 bits per heavy atom. The summed E-state index contributed by atoms with van der Waals surface area (Å²) in [5.41, 5.74) is 4.44. The second-order valence-corrected chi connectivity index (χ2v) is 9.98. The number of hydrogen-bond donors (Lipinski definition) is 0. The highest BCUT2D eigenvalue weighted by Gasteiger charge is 2.29. The zero-order valence-corrected chi connectivity index (χ0v) is 21.7. The van der Waals surface area contributed by atoms with E-state index in [9.17, 15) is 4.79 Å². The largest absolute Gasteiger partial charge is 0.454 e. The third kappa shape index (κ3) is 4.51. The van der Waals surface area contributed by atoms with Crippen molar-refractivity contribution in [3.8, 4) is 11.5 Å². The number of aromatic nitrogens is 1. The molecule has 2 aliphatic heterocycles. The minimum atomic E-state index is -0.0960. The predicted molar refractivity (Wildman–Crippen MR) is 147 cm³/mol. The van der Waals surface area contributed by atoms with Crippen LogP contribution in [-0.2, 0) is 11.3 Å². The quantitative estimate of drug-likeness (QED) is 0.320. The Bertz CT molecular complexity index is 1440. The number of aryl methyl sites for hydroxylation is 1. The van der Waals surface area contributed by atoms with Gasteiger partial charge in [-0.1, -0.05) is 48.0 Å². The van der Waals surface area contributed by atoms with Crippen LogP contribution in [0.15, 0.2) is 72.9 Å². The summed E-state index contributed by atoms with van der Waals surface area (Å²) in [4.78, 5) is 18.0. The molecule has 2 aliphatic rings. The van der Waals surface area contributed by atoms with Crippen LogP contribution in [0.1, 0.15) is 30.4 Å². The molecule has 4 aromatic rings. The fraction of sp³-hybridized carbons (Fsp3) is 0.300. The third-order valence-electron chi connectivity index (χ3n) is 7.54. The molecule has 37 heavy (non-hydrogen) atoms. The monoisotopic (exact) mass is 515 g/mol. The van der Waals surface area contributed by atoms with E-state index in [1.807, 2.05) is 41.3 Å². The number of benzene rings is 3. The van der Waals surface area contributed by atoms with Gasteiger partial charge in [-0.25, -0.2) is 0 Å². The van der Waals surface area contributed by atoms with Crippen LogP contribution >= 0.6 is 11.6 Å². The van der Waals surface area contributed by atoms with Gasteiger partial charge in [-0.2, -0.15) is 0 Å². The number of amides is 1. The minimum Gasteiger partial charge on any atom is -0.454 e. The van der Waals surface area contributed by atoms with Gasteiger partial charge in [0.15, 0.2) is 11.5 Å². The van der Waals surface area contributed by atoms with E-state index < -0.39 is 0 Å². The van der Waals surface area contributed by atoms with Crippen molar-refractivity contribution in [3.63, 3.8) is 0 Å². The number of ether oxygens (including phenoxy) is 2. The summed E-state index contributed by atoms with van der Waals surface area (Å²) in [6.45, 7) is 6.12. The van der Waals surface area contributed by atoms with E-state index in [1.54, 1.807) is 0 Å². The van der Waals surface area contributed by atoms with Gasteiger partial charge in [-0.15, -0.1) is 0 Å². The van der Waals surface area contributed by atoms with Crippen LogP contribution in [0.25, 0.3) is 10.9 Å². The first-order valence-corrected chi connectivity index (χ1v) is 13.2. The average molecular weight is 516 g/mol. The van der Waals surface area contributed by atoms with E-state index in [0.717, 1.165) is 47.4 Å². The Balaban J connectivity index is 1.28. The molecule has 0 aliphatic carbocycles. The number of fused-ring (bicyclic) bond motifs is 2. The molecule has 6 nitrogen and oxygen atoms in total. The normalized spacial score (nSPS) is 15.8. The predicted octanol–water partition coefficient (Wildman–Crippen LogP) is 5.91. The molecule has 0 saturated carbocycles. The Kier molecular flexibility index (Phi) is 6.43. The molecular formula is C30H30ClN3O3. The lowest BCUT2D eigenvalue weighted by Gasteiger charge is -2.37. The van der Waals surface area contributed by atoms with Crippen molar-refractivity contribution in [2.75, 3.05) is 37.9 Å². The van der Waals surface area contributed by atoms with Gasteiger partial charge in [-0.3, -0.25) is 4.79 Å². The second kappa shape index (κ2) is 10.0. The van der Waals surface area contributed by atoms with Crippen LogP contribution in [0.5, 0.6) is 11.5 Å². The summed E-state index contributed by atoms with van der Waals surface area (Å²) in [7, 11) is 0. The van der Waals surface area contributed by atoms with Crippen molar-refractivity contribution >= 4 is 34.1 Å². The first kappa shape index (κ1) is 23.7. The van der Waals surface area contributed by atoms with Crippen molar-refractivity contribution in [3.05, 3.63) is 89.1 Å². The molecule has 1 unspecified atom stereocenters. The molecule has 1 atom stereocenters. The van der Waals surface area contributed by atoms with Gasteiger partial charge >= 0.3 is 0 Å². The fourth-order valence-corrected chi connectivity index (χ4v) is 5.82. The van der Waals surface area contributed by atoms with E-state index in [0.29, 0.717) is 19.5 Å². The molecule has 190 valence electrons. The highest BCUT2D eigenvalue weighted by atomic mass is 35.5. The first-order valence-electron chi connectivity index (χ1n) is 12.9. The zero-order chi connectivity index (χ0) is 25.4. The van der Waals surface area contributed by atoms with Gasteiger partial charge in [0.2, 0.25) is 12.7 Å². The van der Waals surface area contributed by atoms with Gasteiger partial charge in [0.1, 0.15) is 0 Å². The molecule has 0 spiro atoms. The zero-order valence-electron chi connectivity index (χ0n) is 20.9. The van der Waals surface area contributed by atoms with Crippen molar-refractivity contribution in [1.82, 2.24) is 9.47 Å². The summed E-state index contributed by atoms with van der Waals surface area (Å²) in [6, 6.07) is 22.4. The number of carbonyl (C=O) groups is 1. The Morgan fingerprint density at radius 3 is 2.51 bits per heavy atom. The summed E-state index contributed by atoms with van der Waals surface area (Å²) in [5.74, 6) is 1.55. The first-order chi connectivity index (χ1) is 18.1. The van der Waals surface area contributed by atoms with E-state index in [4.69, 9.17) is 21.1 Å². The van der Waals surface area contributed by atoms with Gasteiger partial charge in [0.25, 0.3) is 0 Å². The van der Waals surface area contributed by atoms with Crippen molar-refractivity contribution in [2.24, 2.45) is 0 Å². The number of carbonyl (C=O) groups excluding carboxylic acids is 1. The van der Waals surface area contributed by atoms with Crippen LogP contribution in [0.2, 0.25) is 5.02 Å². The molecule has 0 N–H and O–H groups in total. The topological polar surface area (TPSA) is 46.9 Å². The van der Waals surface area contributed by atoms with Crippen molar-refractivity contribution < 1.29 is 14.3 Å². The average Bonchev–Trinajstić information content (AvgIpc) is 3.56. The number of halogens is 1. The molecule has 1 amide bonds.